The van der Waals surface area contributed by atoms with Crippen molar-refractivity contribution >= 4 is 10.9 Å². The highest BCUT2D eigenvalue weighted by Crippen LogP contribution is 2.34. The van der Waals surface area contributed by atoms with Crippen LogP contribution in [-0.4, -0.2) is 4.57 Å². The molecule has 0 atom stereocenters. The van der Waals surface area contributed by atoms with Gasteiger partial charge < -0.3 is 4.57 Å². The maximum atomic E-state index is 12.8. The Morgan fingerprint density at radius 2 is 1.90 bits per heavy atom. The normalized spacial score (nSPS) is 12.0. The van der Waals surface area contributed by atoms with Crippen LogP contribution in [0.15, 0.2) is 48.7 Å². The van der Waals surface area contributed by atoms with Crippen LogP contribution < -0.4 is 0 Å². The Labute approximate surface area is 114 Å². The molecule has 1 heterocycles. The highest BCUT2D eigenvalue weighted by atomic mass is 19.4. The lowest BCUT2D eigenvalue weighted by molar-refractivity contribution is -0.137. The van der Waals surface area contributed by atoms with E-state index in [-0.39, 0.29) is 0 Å². The predicted molar refractivity (Wildman–Crippen MR) is 72.2 cm³/mol. The van der Waals surface area contributed by atoms with Crippen LogP contribution in [0.5, 0.6) is 0 Å². The number of fused-ring (bicyclic) bond motifs is 1. The second kappa shape index (κ2) is 4.40. The number of benzene rings is 2. The molecular weight excluding hydrogens is 263 g/mol. The SMILES string of the molecule is Cn1ccc2c[c]cc(-c3cccc(C(F)(F)F)c3)c21. The maximum absolute atomic E-state index is 12.8. The first-order valence-corrected chi connectivity index (χ1v) is 6.09. The van der Waals surface area contributed by atoms with Gasteiger partial charge in [-0.3, -0.25) is 0 Å². The van der Waals surface area contributed by atoms with Gasteiger partial charge in [0.2, 0.25) is 0 Å². The van der Waals surface area contributed by atoms with Gasteiger partial charge in [0.1, 0.15) is 0 Å². The average molecular weight is 274 g/mol. The van der Waals surface area contributed by atoms with Crippen LogP contribution in [0.1, 0.15) is 5.56 Å². The molecule has 3 aromatic rings. The molecule has 0 aliphatic rings. The summed E-state index contributed by atoms with van der Waals surface area (Å²) in [5.41, 5.74) is 1.56. The summed E-state index contributed by atoms with van der Waals surface area (Å²) in [4.78, 5) is 0. The number of aromatic nitrogens is 1. The molecule has 1 radical (unpaired) electrons. The van der Waals surface area contributed by atoms with Crippen LogP contribution in [0.2, 0.25) is 0 Å². The van der Waals surface area contributed by atoms with Crippen LogP contribution in [0.3, 0.4) is 0 Å². The van der Waals surface area contributed by atoms with Crippen LogP contribution >= 0.6 is 0 Å². The summed E-state index contributed by atoms with van der Waals surface area (Å²) in [5, 5.41) is 0.961. The molecule has 0 fully saturated rings. The lowest BCUT2D eigenvalue weighted by Gasteiger charge is -2.10. The van der Waals surface area contributed by atoms with E-state index in [2.05, 4.69) is 6.07 Å². The maximum Gasteiger partial charge on any atom is 0.416 e. The summed E-state index contributed by atoms with van der Waals surface area (Å²) in [6, 6.07) is 13.8. The van der Waals surface area contributed by atoms with Gasteiger partial charge in [-0.2, -0.15) is 13.2 Å². The van der Waals surface area contributed by atoms with Gasteiger partial charge in [0.25, 0.3) is 0 Å². The fourth-order valence-corrected chi connectivity index (χ4v) is 2.38. The molecule has 101 valence electrons. The molecule has 0 amide bonds. The quantitative estimate of drug-likeness (QED) is 0.608. The second-order valence-corrected chi connectivity index (χ2v) is 4.68. The van der Waals surface area contributed by atoms with E-state index in [1.807, 2.05) is 29.9 Å². The smallest absolute Gasteiger partial charge is 0.350 e. The molecule has 1 nitrogen and oxygen atoms in total. The zero-order valence-corrected chi connectivity index (χ0v) is 10.7. The van der Waals surface area contributed by atoms with Crippen LogP contribution in [0, 0.1) is 6.07 Å². The summed E-state index contributed by atoms with van der Waals surface area (Å²) in [6.07, 6.45) is -2.45. The lowest BCUT2D eigenvalue weighted by Crippen LogP contribution is -2.04. The van der Waals surface area contributed by atoms with E-state index < -0.39 is 11.7 Å². The molecule has 0 bridgehead atoms. The fraction of sp³-hybridized carbons (Fsp3) is 0.125. The Morgan fingerprint density at radius 3 is 2.65 bits per heavy atom. The van der Waals surface area contributed by atoms with Gasteiger partial charge in [-0.15, -0.1) is 0 Å². The molecule has 3 rings (SSSR count). The first-order chi connectivity index (χ1) is 9.47. The average Bonchev–Trinajstić information content (AvgIpc) is 2.80. The van der Waals surface area contributed by atoms with Gasteiger partial charge >= 0.3 is 6.18 Å². The zero-order valence-electron chi connectivity index (χ0n) is 10.7. The van der Waals surface area contributed by atoms with Crippen LogP contribution in [-0.2, 0) is 13.2 Å². The number of aryl methyl sites for hydroxylation is 1. The van der Waals surface area contributed by atoms with Crippen molar-refractivity contribution in [2.45, 2.75) is 6.18 Å². The Hall–Kier alpha value is -2.23. The van der Waals surface area contributed by atoms with E-state index in [0.717, 1.165) is 22.5 Å². The van der Waals surface area contributed by atoms with Crippen molar-refractivity contribution in [3.05, 3.63) is 60.3 Å². The van der Waals surface area contributed by atoms with E-state index in [1.165, 1.54) is 12.1 Å². The van der Waals surface area contributed by atoms with Crippen molar-refractivity contribution in [3.63, 3.8) is 0 Å². The third-order valence-electron chi connectivity index (χ3n) is 3.33. The Bertz CT molecular complexity index is 769. The van der Waals surface area contributed by atoms with Gasteiger partial charge in [-0.25, -0.2) is 0 Å². The molecule has 1 aromatic heterocycles. The minimum absolute atomic E-state index is 0.545. The Balaban J connectivity index is 2.24. The Morgan fingerprint density at radius 1 is 1.10 bits per heavy atom. The van der Waals surface area contributed by atoms with Crippen molar-refractivity contribution < 1.29 is 13.2 Å². The van der Waals surface area contributed by atoms with Crippen molar-refractivity contribution in [2.75, 3.05) is 0 Å². The molecule has 2 aromatic carbocycles. The largest absolute Gasteiger partial charge is 0.416 e. The summed E-state index contributed by atoms with van der Waals surface area (Å²) >= 11 is 0. The molecule has 4 heteroatoms. The number of hydrogen-bond donors (Lipinski definition) is 0. The number of nitrogens with zero attached hydrogens (tertiary/aromatic N) is 1. The number of alkyl halides is 3. The van der Waals surface area contributed by atoms with Gasteiger partial charge in [0.15, 0.2) is 0 Å². The van der Waals surface area contributed by atoms with Crippen LogP contribution in [0.25, 0.3) is 22.0 Å². The van der Waals surface area contributed by atoms with E-state index in [1.54, 1.807) is 12.1 Å². The Kier molecular flexibility index (Phi) is 2.82. The molecule has 0 unspecified atom stereocenters. The molecule has 0 spiro atoms. The molecule has 20 heavy (non-hydrogen) atoms. The third-order valence-corrected chi connectivity index (χ3v) is 3.33. The van der Waals surface area contributed by atoms with Crippen molar-refractivity contribution in [3.8, 4) is 11.1 Å². The van der Waals surface area contributed by atoms with Gasteiger partial charge in [-0.05, 0) is 42.0 Å². The molecule has 0 aliphatic heterocycles. The number of halogens is 3. The first kappa shape index (κ1) is 12.8. The summed E-state index contributed by atoms with van der Waals surface area (Å²) in [6.45, 7) is 0. The second-order valence-electron chi connectivity index (χ2n) is 4.68. The van der Waals surface area contributed by atoms with Crippen LogP contribution in [0.4, 0.5) is 13.2 Å². The van der Waals surface area contributed by atoms with E-state index in [9.17, 15) is 13.2 Å². The topological polar surface area (TPSA) is 4.93 Å². The van der Waals surface area contributed by atoms with Crippen molar-refractivity contribution in [1.29, 1.82) is 0 Å². The van der Waals surface area contributed by atoms with E-state index >= 15 is 0 Å². The van der Waals surface area contributed by atoms with E-state index in [4.69, 9.17) is 0 Å². The zero-order chi connectivity index (χ0) is 14.3. The molecule has 0 saturated heterocycles. The van der Waals surface area contributed by atoms with Gasteiger partial charge in [0, 0.05) is 24.2 Å². The molecule has 0 aliphatic carbocycles. The van der Waals surface area contributed by atoms with Gasteiger partial charge in [0.05, 0.1) is 11.1 Å². The summed E-state index contributed by atoms with van der Waals surface area (Å²) < 4.78 is 40.3. The third kappa shape index (κ3) is 2.07. The number of rotatable bonds is 1. The standard InChI is InChI=1S/C16H11F3N/c1-20-9-8-11-4-3-7-14(15(11)20)12-5-2-6-13(10-12)16(17,18)19/h2,4-10H,1H3. The predicted octanol–water partition coefficient (Wildman–Crippen LogP) is 4.66. The lowest BCUT2D eigenvalue weighted by atomic mass is 10.0. The first-order valence-electron chi connectivity index (χ1n) is 6.09. The molecular formula is C16H11F3N. The monoisotopic (exact) mass is 274 g/mol. The van der Waals surface area contributed by atoms with Gasteiger partial charge in [-0.1, -0.05) is 12.1 Å². The molecule has 0 N–H and O–H groups in total. The summed E-state index contributed by atoms with van der Waals surface area (Å²) in [7, 11) is 1.87. The fourth-order valence-electron chi connectivity index (χ4n) is 2.38. The minimum Gasteiger partial charge on any atom is -0.350 e. The van der Waals surface area contributed by atoms with Crippen molar-refractivity contribution in [1.82, 2.24) is 4.57 Å². The van der Waals surface area contributed by atoms with E-state index in [0.29, 0.717) is 5.56 Å². The van der Waals surface area contributed by atoms with Crippen molar-refractivity contribution in [2.24, 2.45) is 7.05 Å². The highest BCUT2D eigenvalue weighted by molar-refractivity contribution is 5.94. The minimum atomic E-state index is -4.33. The number of hydrogen-bond acceptors (Lipinski definition) is 0. The highest BCUT2D eigenvalue weighted by Gasteiger charge is 2.30. The summed E-state index contributed by atoms with van der Waals surface area (Å²) in [5.74, 6) is 0. The molecule has 0 saturated carbocycles.